The Morgan fingerprint density at radius 2 is 2.05 bits per heavy atom. The normalized spacial score (nSPS) is 21.2. The van der Waals surface area contributed by atoms with E-state index < -0.39 is 0 Å². The summed E-state index contributed by atoms with van der Waals surface area (Å²) in [7, 11) is 1.79. The second kappa shape index (κ2) is 6.13. The van der Waals surface area contributed by atoms with Crippen LogP contribution in [0.1, 0.15) is 61.4 Å². The Kier molecular flexibility index (Phi) is 4.24. The van der Waals surface area contributed by atoms with Crippen molar-refractivity contribution in [1.82, 2.24) is 25.0 Å². The average molecular weight is 291 g/mol. The molecule has 1 aliphatic carbocycles. The van der Waals surface area contributed by atoms with Crippen LogP contribution in [0.2, 0.25) is 0 Å². The highest BCUT2D eigenvalue weighted by atomic mass is 16.2. The van der Waals surface area contributed by atoms with Crippen LogP contribution in [0, 0.1) is 0 Å². The van der Waals surface area contributed by atoms with Crippen molar-refractivity contribution in [3.8, 4) is 0 Å². The molecule has 2 fully saturated rings. The first kappa shape index (κ1) is 14.5. The third-order valence-electron chi connectivity index (χ3n) is 4.28. The smallest absolute Gasteiger partial charge is 0.289 e. The fraction of sp³-hybridized carbons (Fsp3) is 0.800. The van der Waals surface area contributed by atoms with Gasteiger partial charge < -0.3 is 10.2 Å². The van der Waals surface area contributed by atoms with Crippen LogP contribution < -0.4 is 5.32 Å². The van der Waals surface area contributed by atoms with E-state index in [4.69, 9.17) is 0 Å². The molecule has 2 aliphatic rings. The molecule has 1 unspecified atom stereocenters. The van der Waals surface area contributed by atoms with Crippen LogP contribution >= 0.6 is 0 Å². The summed E-state index contributed by atoms with van der Waals surface area (Å²) in [5.41, 5.74) is 0. The zero-order chi connectivity index (χ0) is 14.8. The highest BCUT2D eigenvalue weighted by molar-refractivity contribution is 5.90. The summed E-state index contributed by atoms with van der Waals surface area (Å²) in [4.78, 5) is 19.2. The molecule has 3 rings (SSSR count). The summed E-state index contributed by atoms with van der Waals surface area (Å²) < 4.78 is 1.61. The highest BCUT2D eigenvalue weighted by Crippen LogP contribution is 2.37. The Morgan fingerprint density at radius 3 is 2.71 bits per heavy atom. The number of carbonyl (C=O) groups excluding carboxylic acids is 1. The highest BCUT2D eigenvalue weighted by Gasteiger charge is 2.30. The number of hydrogen-bond donors (Lipinski definition) is 1. The monoisotopic (exact) mass is 291 g/mol. The molecule has 1 amide bonds. The van der Waals surface area contributed by atoms with Gasteiger partial charge in [0.2, 0.25) is 5.82 Å². The fourth-order valence-electron chi connectivity index (χ4n) is 2.98. The van der Waals surface area contributed by atoms with Crippen LogP contribution in [0.4, 0.5) is 0 Å². The van der Waals surface area contributed by atoms with Gasteiger partial charge in [-0.25, -0.2) is 9.67 Å². The quantitative estimate of drug-likeness (QED) is 0.888. The van der Waals surface area contributed by atoms with Crippen molar-refractivity contribution < 1.29 is 4.79 Å². The zero-order valence-electron chi connectivity index (χ0n) is 13.0. The lowest BCUT2D eigenvalue weighted by atomic mass is 10.1. The zero-order valence-corrected chi connectivity index (χ0v) is 13.0. The van der Waals surface area contributed by atoms with E-state index >= 15 is 0 Å². The largest absolute Gasteiger partial charge is 0.346 e. The van der Waals surface area contributed by atoms with E-state index in [0.717, 1.165) is 38.3 Å². The number of piperidine rings is 1. The van der Waals surface area contributed by atoms with Crippen LogP contribution in [-0.4, -0.2) is 51.2 Å². The molecule has 1 aliphatic heterocycles. The van der Waals surface area contributed by atoms with E-state index in [1.807, 2.05) is 0 Å². The third kappa shape index (κ3) is 3.61. The Balaban J connectivity index is 1.54. The van der Waals surface area contributed by atoms with Crippen LogP contribution in [0.15, 0.2) is 0 Å². The molecule has 1 N–H and O–H groups in total. The van der Waals surface area contributed by atoms with Gasteiger partial charge in [0.25, 0.3) is 5.91 Å². The van der Waals surface area contributed by atoms with Gasteiger partial charge in [-0.1, -0.05) is 6.42 Å². The van der Waals surface area contributed by atoms with Gasteiger partial charge in [0, 0.05) is 25.6 Å². The number of hydrogen-bond acceptors (Lipinski definition) is 4. The minimum Gasteiger partial charge on any atom is -0.346 e. The van der Waals surface area contributed by atoms with Crippen molar-refractivity contribution in [1.29, 1.82) is 0 Å². The number of carbonyl (C=O) groups is 1. The second-order valence-electron chi connectivity index (χ2n) is 6.43. The molecule has 21 heavy (non-hydrogen) atoms. The van der Waals surface area contributed by atoms with Gasteiger partial charge in [-0.2, -0.15) is 5.10 Å². The molecule has 6 nitrogen and oxygen atoms in total. The van der Waals surface area contributed by atoms with Crippen molar-refractivity contribution in [2.24, 2.45) is 7.05 Å². The van der Waals surface area contributed by atoms with E-state index in [2.05, 4.69) is 27.2 Å². The standard InChI is InChI=1S/C15H25N5O/c1-11(10-20-8-4-3-5-9-20)16-15(21)14-17-13(12-6-7-12)18-19(14)2/h11-12H,3-10H2,1-2H3,(H,16,21). The van der Waals surface area contributed by atoms with Gasteiger partial charge in [-0.15, -0.1) is 0 Å². The molecule has 1 saturated heterocycles. The maximum atomic E-state index is 12.3. The van der Waals surface area contributed by atoms with E-state index in [1.165, 1.54) is 19.3 Å². The second-order valence-corrected chi connectivity index (χ2v) is 6.43. The first-order valence-electron chi connectivity index (χ1n) is 8.07. The SMILES string of the molecule is CC(CN1CCCCC1)NC(=O)c1nc(C2CC2)nn1C. The van der Waals surface area contributed by atoms with Crippen LogP contribution in [0.25, 0.3) is 0 Å². The van der Waals surface area contributed by atoms with Crippen molar-refractivity contribution in [3.05, 3.63) is 11.6 Å². The number of nitrogens with one attached hydrogen (secondary N) is 1. The molecule has 1 saturated carbocycles. The van der Waals surface area contributed by atoms with Gasteiger partial charge >= 0.3 is 0 Å². The summed E-state index contributed by atoms with van der Waals surface area (Å²) in [6, 6.07) is 0.136. The van der Waals surface area contributed by atoms with E-state index in [0.29, 0.717) is 11.7 Å². The van der Waals surface area contributed by atoms with Gasteiger partial charge in [0.05, 0.1) is 0 Å². The van der Waals surface area contributed by atoms with Crippen molar-refractivity contribution in [2.75, 3.05) is 19.6 Å². The predicted molar refractivity (Wildman–Crippen MR) is 80.2 cm³/mol. The third-order valence-corrected chi connectivity index (χ3v) is 4.28. The predicted octanol–water partition coefficient (Wildman–Crippen LogP) is 1.30. The molecule has 116 valence electrons. The number of aromatic nitrogens is 3. The number of nitrogens with zero attached hydrogens (tertiary/aromatic N) is 4. The Hall–Kier alpha value is -1.43. The Morgan fingerprint density at radius 1 is 1.33 bits per heavy atom. The summed E-state index contributed by atoms with van der Waals surface area (Å²) in [6.45, 7) is 5.27. The van der Waals surface area contributed by atoms with Crippen molar-refractivity contribution in [3.63, 3.8) is 0 Å². The molecular weight excluding hydrogens is 266 g/mol. The van der Waals surface area contributed by atoms with Gasteiger partial charge in [0.15, 0.2) is 5.82 Å². The molecule has 0 spiro atoms. The summed E-state index contributed by atoms with van der Waals surface area (Å²) in [6.07, 6.45) is 6.18. The molecule has 6 heteroatoms. The van der Waals surface area contributed by atoms with E-state index in [-0.39, 0.29) is 11.9 Å². The van der Waals surface area contributed by atoms with Crippen LogP contribution in [0.3, 0.4) is 0 Å². The lowest BCUT2D eigenvalue weighted by Gasteiger charge is -2.29. The number of likely N-dealkylation sites (tertiary alicyclic amines) is 1. The molecule has 1 atom stereocenters. The Labute approximate surface area is 125 Å². The first-order chi connectivity index (χ1) is 10.1. The summed E-state index contributed by atoms with van der Waals surface area (Å²) >= 11 is 0. The first-order valence-corrected chi connectivity index (χ1v) is 8.07. The molecular formula is C15H25N5O. The molecule has 0 aromatic carbocycles. The molecule has 0 radical (unpaired) electrons. The van der Waals surface area contributed by atoms with E-state index in [1.54, 1.807) is 11.7 Å². The summed E-state index contributed by atoms with van der Waals surface area (Å²) in [5.74, 6) is 1.62. The topological polar surface area (TPSA) is 63.1 Å². The summed E-state index contributed by atoms with van der Waals surface area (Å²) in [5, 5.41) is 7.40. The van der Waals surface area contributed by atoms with Crippen molar-refractivity contribution >= 4 is 5.91 Å². The maximum absolute atomic E-state index is 12.3. The number of aryl methyl sites for hydroxylation is 1. The number of rotatable bonds is 5. The maximum Gasteiger partial charge on any atom is 0.289 e. The molecule has 2 heterocycles. The fourth-order valence-corrected chi connectivity index (χ4v) is 2.98. The van der Waals surface area contributed by atoms with Gasteiger partial charge in [-0.05, 0) is 45.7 Å². The lowest BCUT2D eigenvalue weighted by Crippen LogP contribution is -2.44. The molecule has 1 aromatic rings. The molecule has 0 bridgehead atoms. The van der Waals surface area contributed by atoms with Crippen molar-refractivity contribution in [2.45, 2.75) is 51.0 Å². The Bertz CT molecular complexity index is 502. The minimum absolute atomic E-state index is 0.110. The van der Waals surface area contributed by atoms with Gasteiger partial charge in [0.1, 0.15) is 0 Å². The van der Waals surface area contributed by atoms with Crippen LogP contribution in [0.5, 0.6) is 0 Å². The average Bonchev–Trinajstić information content (AvgIpc) is 3.22. The van der Waals surface area contributed by atoms with E-state index in [9.17, 15) is 4.79 Å². The lowest BCUT2D eigenvalue weighted by molar-refractivity contribution is 0.0911. The van der Waals surface area contributed by atoms with Gasteiger partial charge in [-0.3, -0.25) is 4.79 Å². The number of amides is 1. The van der Waals surface area contributed by atoms with Crippen LogP contribution in [-0.2, 0) is 7.05 Å². The molecule has 1 aromatic heterocycles. The minimum atomic E-state index is -0.110.